The van der Waals surface area contributed by atoms with Crippen LogP contribution in [0.3, 0.4) is 0 Å². The lowest BCUT2D eigenvalue weighted by atomic mass is 10.1. The number of ether oxygens (including phenoxy) is 1. The first-order chi connectivity index (χ1) is 10.0. The smallest absolute Gasteiger partial charge is 0.277 e. The summed E-state index contributed by atoms with van der Waals surface area (Å²) in [7, 11) is 1.51. The van der Waals surface area contributed by atoms with Crippen LogP contribution in [0.25, 0.3) is 11.3 Å². The molecule has 0 spiro atoms. The molecule has 0 unspecified atom stereocenters. The molecule has 0 amide bonds. The van der Waals surface area contributed by atoms with Gasteiger partial charge in [0.05, 0.1) is 24.4 Å². The Hall–Kier alpha value is -2.34. The topological polar surface area (TPSA) is 61.2 Å². The molecular weight excluding hydrogens is 275 g/mol. The third kappa shape index (κ3) is 3.41. The molecule has 0 aliphatic carbocycles. The Morgan fingerprint density at radius 3 is 2.57 bits per heavy atom. The molecule has 0 fully saturated rings. The van der Waals surface area contributed by atoms with Crippen LogP contribution in [0.2, 0.25) is 0 Å². The van der Waals surface area contributed by atoms with E-state index in [4.69, 9.17) is 4.74 Å². The van der Waals surface area contributed by atoms with E-state index in [0.717, 1.165) is 0 Å². The van der Waals surface area contributed by atoms with Crippen LogP contribution >= 0.6 is 0 Å². The minimum atomic E-state index is -0.453. The molecule has 1 heterocycles. The number of hydrogen-bond acceptors (Lipinski definition) is 4. The fourth-order valence-electron chi connectivity index (χ4n) is 1.89. The molecule has 0 N–H and O–H groups in total. The molecule has 1 aromatic carbocycles. The summed E-state index contributed by atoms with van der Waals surface area (Å²) >= 11 is 0. The molecular formula is C15H15FN2O3. The van der Waals surface area contributed by atoms with Crippen molar-refractivity contribution in [3.8, 4) is 11.3 Å². The molecule has 0 saturated heterocycles. The van der Waals surface area contributed by atoms with Gasteiger partial charge in [0.1, 0.15) is 5.82 Å². The van der Waals surface area contributed by atoms with Crippen LogP contribution in [0.15, 0.2) is 35.1 Å². The minimum absolute atomic E-state index is 0.0560. The Morgan fingerprint density at radius 1 is 1.33 bits per heavy atom. The van der Waals surface area contributed by atoms with Gasteiger partial charge in [-0.05, 0) is 37.3 Å². The second kappa shape index (κ2) is 6.41. The zero-order chi connectivity index (χ0) is 15.4. The highest BCUT2D eigenvalue weighted by Gasteiger charge is 2.13. The lowest BCUT2D eigenvalue weighted by Gasteiger charge is -2.09. The number of carbonyl (C=O) groups excluding carboxylic acids is 1. The van der Waals surface area contributed by atoms with E-state index in [9.17, 15) is 14.0 Å². The number of halogens is 1. The van der Waals surface area contributed by atoms with Crippen molar-refractivity contribution in [2.75, 3.05) is 13.7 Å². The van der Waals surface area contributed by atoms with Crippen LogP contribution in [0.5, 0.6) is 0 Å². The van der Waals surface area contributed by atoms with Crippen molar-refractivity contribution in [2.45, 2.75) is 13.5 Å². The van der Waals surface area contributed by atoms with E-state index in [-0.39, 0.29) is 23.7 Å². The quantitative estimate of drug-likeness (QED) is 0.789. The van der Waals surface area contributed by atoms with Crippen LogP contribution in [0.4, 0.5) is 4.39 Å². The molecule has 110 valence electrons. The second-order valence-electron chi connectivity index (χ2n) is 4.53. The summed E-state index contributed by atoms with van der Waals surface area (Å²) in [5.74, 6) is -0.699. The van der Waals surface area contributed by atoms with Crippen molar-refractivity contribution < 1.29 is 13.9 Å². The lowest BCUT2D eigenvalue weighted by molar-refractivity contribution is 0.101. The number of rotatable bonds is 5. The number of benzene rings is 1. The predicted octanol–water partition coefficient (Wildman–Crippen LogP) is 1.90. The van der Waals surface area contributed by atoms with Crippen LogP contribution in [-0.4, -0.2) is 29.3 Å². The molecule has 0 saturated carbocycles. The van der Waals surface area contributed by atoms with Crippen LogP contribution in [-0.2, 0) is 11.3 Å². The van der Waals surface area contributed by atoms with Crippen LogP contribution in [0.1, 0.15) is 17.3 Å². The average molecular weight is 290 g/mol. The molecule has 21 heavy (non-hydrogen) atoms. The fraction of sp³-hybridized carbons (Fsp3) is 0.267. The number of Topliss-reactive ketones (excluding diaryl/α,β-unsaturated/α-hetero) is 1. The molecule has 0 bridgehead atoms. The summed E-state index contributed by atoms with van der Waals surface area (Å²) in [6.07, 6.45) is 0. The summed E-state index contributed by atoms with van der Waals surface area (Å²) < 4.78 is 19.1. The number of carbonyl (C=O) groups is 1. The first-order valence-electron chi connectivity index (χ1n) is 6.41. The molecule has 0 aliphatic heterocycles. The van der Waals surface area contributed by atoms with Gasteiger partial charge < -0.3 is 4.74 Å². The van der Waals surface area contributed by atoms with E-state index in [0.29, 0.717) is 17.9 Å². The third-order valence-corrected chi connectivity index (χ3v) is 3.00. The SMILES string of the molecule is COCCn1nc(-c2ccc(F)cc2)cc(C(C)=O)c1=O. The average Bonchev–Trinajstić information content (AvgIpc) is 2.47. The Bertz CT molecular complexity index is 708. The fourth-order valence-corrected chi connectivity index (χ4v) is 1.89. The molecule has 2 rings (SSSR count). The van der Waals surface area contributed by atoms with Gasteiger partial charge in [-0.15, -0.1) is 0 Å². The van der Waals surface area contributed by atoms with Crippen molar-refractivity contribution in [2.24, 2.45) is 0 Å². The normalized spacial score (nSPS) is 10.6. The molecule has 0 radical (unpaired) electrons. The summed E-state index contributed by atoms with van der Waals surface area (Å²) in [6.45, 7) is 1.87. The summed E-state index contributed by atoms with van der Waals surface area (Å²) in [6, 6.07) is 7.13. The van der Waals surface area contributed by atoms with Gasteiger partial charge in [0, 0.05) is 12.7 Å². The van der Waals surface area contributed by atoms with E-state index in [1.807, 2.05) is 0 Å². The molecule has 2 aromatic rings. The Labute approximate surface area is 121 Å². The molecule has 6 heteroatoms. The Morgan fingerprint density at radius 2 is 2.00 bits per heavy atom. The zero-order valence-electron chi connectivity index (χ0n) is 11.8. The monoisotopic (exact) mass is 290 g/mol. The largest absolute Gasteiger partial charge is 0.383 e. The number of hydrogen-bond donors (Lipinski definition) is 0. The number of methoxy groups -OCH3 is 1. The zero-order valence-corrected chi connectivity index (χ0v) is 11.8. The summed E-state index contributed by atoms with van der Waals surface area (Å²) in [4.78, 5) is 23.7. The van der Waals surface area contributed by atoms with Crippen molar-refractivity contribution >= 4 is 5.78 Å². The highest BCUT2D eigenvalue weighted by molar-refractivity contribution is 5.94. The van der Waals surface area contributed by atoms with Crippen LogP contribution in [0, 0.1) is 5.82 Å². The highest BCUT2D eigenvalue weighted by Crippen LogP contribution is 2.17. The number of aromatic nitrogens is 2. The van der Waals surface area contributed by atoms with E-state index in [2.05, 4.69) is 5.10 Å². The van der Waals surface area contributed by atoms with Gasteiger partial charge >= 0.3 is 0 Å². The standard InChI is InChI=1S/C15H15FN2O3/c1-10(19)13-9-14(11-3-5-12(16)6-4-11)17-18(15(13)20)7-8-21-2/h3-6,9H,7-8H2,1-2H3. The predicted molar refractivity (Wildman–Crippen MR) is 75.8 cm³/mol. The summed E-state index contributed by atoms with van der Waals surface area (Å²) in [5.41, 5.74) is 0.673. The van der Waals surface area contributed by atoms with Gasteiger partial charge in [-0.2, -0.15) is 5.10 Å². The van der Waals surface area contributed by atoms with E-state index in [1.54, 1.807) is 12.1 Å². The van der Waals surface area contributed by atoms with Crippen molar-refractivity contribution in [1.82, 2.24) is 9.78 Å². The maximum Gasteiger partial charge on any atom is 0.277 e. The summed E-state index contributed by atoms with van der Waals surface area (Å²) in [5, 5.41) is 4.20. The van der Waals surface area contributed by atoms with Crippen molar-refractivity contribution in [3.63, 3.8) is 0 Å². The highest BCUT2D eigenvalue weighted by atomic mass is 19.1. The van der Waals surface area contributed by atoms with Gasteiger partial charge in [0.2, 0.25) is 0 Å². The van der Waals surface area contributed by atoms with Gasteiger partial charge in [-0.1, -0.05) is 0 Å². The van der Waals surface area contributed by atoms with E-state index < -0.39 is 5.56 Å². The number of nitrogens with zero attached hydrogens (tertiary/aromatic N) is 2. The molecule has 0 atom stereocenters. The molecule has 1 aromatic heterocycles. The maximum atomic E-state index is 13.0. The van der Waals surface area contributed by atoms with Gasteiger partial charge in [0.15, 0.2) is 5.78 Å². The van der Waals surface area contributed by atoms with E-state index in [1.165, 1.54) is 36.9 Å². The van der Waals surface area contributed by atoms with Gasteiger partial charge in [-0.25, -0.2) is 9.07 Å². The maximum absolute atomic E-state index is 13.0. The van der Waals surface area contributed by atoms with E-state index >= 15 is 0 Å². The Kier molecular flexibility index (Phi) is 4.59. The lowest BCUT2D eigenvalue weighted by Crippen LogP contribution is -2.29. The first kappa shape index (κ1) is 15.1. The number of ketones is 1. The van der Waals surface area contributed by atoms with Crippen LogP contribution < -0.4 is 5.56 Å². The first-order valence-corrected chi connectivity index (χ1v) is 6.41. The van der Waals surface area contributed by atoms with Crippen molar-refractivity contribution in [3.05, 3.63) is 52.1 Å². The van der Waals surface area contributed by atoms with Gasteiger partial charge in [-0.3, -0.25) is 9.59 Å². The molecule has 0 aliphatic rings. The second-order valence-corrected chi connectivity index (χ2v) is 4.53. The Balaban J connectivity index is 2.55. The molecule has 5 nitrogen and oxygen atoms in total. The third-order valence-electron chi connectivity index (χ3n) is 3.00. The van der Waals surface area contributed by atoms with Gasteiger partial charge in [0.25, 0.3) is 5.56 Å². The minimum Gasteiger partial charge on any atom is -0.383 e. The van der Waals surface area contributed by atoms with Crippen molar-refractivity contribution in [1.29, 1.82) is 0 Å².